The highest BCUT2D eigenvalue weighted by atomic mass is 19.1. The predicted octanol–water partition coefficient (Wildman–Crippen LogP) is 4.30. The van der Waals surface area contributed by atoms with Gasteiger partial charge in [-0.25, -0.2) is 4.39 Å². The monoisotopic (exact) mass is 411 g/mol. The molecule has 6 heteroatoms. The van der Waals surface area contributed by atoms with E-state index < -0.39 is 0 Å². The van der Waals surface area contributed by atoms with Gasteiger partial charge in [-0.3, -0.25) is 4.90 Å². The lowest BCUT2D eigenvalue weighted by atomic mass is 9.94. The van der Waals surface area contributed by atoms with Gasteiger partial charge in [-0.05, 0) is 74.7 Å². The molecule has 0 saturated carbocycles. The first-order chi connectivity index (χ1) is 14.6. The zero-order chi connectivity index (χ0) is 20.9. The largest absolute Gasteiger partial charge is 0.494 e. The molecule has 2 aliphatic heterocycles. The molecule has 2 aliphatic rings. The van der Waals surface area contributed by atoms with Gasteiger partial charge in [-0.2, -0.15) is 0 Å². The Morgan fingerprint density at radius 3 is 2.67 bits per heavy atom. The lowest BCUT2D eigenvalue weighted by Gasteiger charge is -2.37. The summed E-state index contributed by atoms with van der Waals surface area (Å²) in [5.74, 6) is 1.99. The van der Waals surface area contributed by atoms with E-state index in [1.165, 1.54) is 12.1 Å². The fourth-order valence-corrected chi connectivity index (χ4v) is 4.27. The molecule has 2 N–H and O–H groups in total. The van der Waals surface area contributed by atoms with Crippen LogP contribution in [0.25, 0.3) is 0 Å². The summed E-state index contributed by atoms with van der Waals surface area (Å²) < 4.78 is 24.5. The molecule has 160 valence electrons. The van der Waals surface area contributed by atoms with Gasteiger partial charge in [0.15, 0.2) is 0 Å². The first kappa shape index (κ1) is 20.5. The Hall–Kier alpha value is -2.73. The lowest BCUT2D eigenvalue weighted by molar-refractivity contribution is 0.171. The van der Waals surface area contributed by atoms with Crippen LogP contribution in [0.15, 0.2) is 54.7 Å². The van der Waals surface area contributed by atoms with Gasteiger partial charge in [-0.15, -0.1) is 0 Å². The Labute approximate surface area is 177 Å². The number of benzene rings is 2. The van der Waals surface area contributed by atoms with Crippen LogP contribution in [0.4, 0.5) is 15.8 Å². The first-order valence-electron chi connectivity index (χ1n) is 10.7. The molecule has 5 nitrogen and oxygen atoms in total. The van der Waals surface area contributed by atoms with Crippen LogP contribution in [0.2, 0.25) is 0 Å². The summed E-state index contributed by atoms with van der Waals surface area (Å²) in [6.45, 7) is 9.39. The number of nitrogens with zero attached hydrogens (tertiary/aromatic N) is 2. The second kappa shape index (κ2) is 9.39. The Kier molecular flexibility index (Phi) is 6.43. The third-order valence-electron chi connectivity index (χ3n) is 5.98. The molecule has 0 atom stereocenters. The molecule has 0 radical (unpaired) electrons. The molecule has 2 heterocycles. The van der Waals surface area contributed by atoms with Crippen LogP contribution >= 0.6 is 0 Å². The van der Waals surface area contributed by atoms with Crippen molar-refractivity contribution in [3.8, 4) is 11.5 Å². The number of halogens is 1. The van der Waals surface area contributed by atoms with Crippen LogP contribution < -0.4 is 20.1 Å². The summed E-state index contributed by atoms with van der Waals surface area (Å²) in [7, 11) is 0. The van der Waals surface area contributed by atoms with Gasteiger partial charge in [0.2, 0.25) is 0 Å². The van der Waals surface area contributed by atoms with E-state index in [0.717, 1.165) is 74.0 Å². The molecule has 0 amide bonds. The van der Waals surface area contributed by atoms with Crippen molar-refractivity contribution in [3.63, 3.8) is 0 Å². The number of nitrogens with two attached hydrogens (primary N) is 1. The van der Waals surface area contributed by atoms with E-state index in [9.17, 15) is 4.39 Å². The average Bonchev–Trinajstić information content (AvgIpc) is 2.76. The van der Waals surface area contributed by atoms with Crippen LogP contribution in [-0.4, -0.2) is 44.3 Å². The standard InChI is InChI=1S/C24H30FN3O2/c1-18(28-14-16-30-23-4-2-3-22(26)24(23)28)17-27-12-9-19(10-13-27)11-15-29-21-7-5-20(25)6-8-21/h2-8,19H,1,9-17,26H2. The van der Waals surface area contributed by atoms with Crippen LogP contribution in [0, 0.1) is 11.7 Å². The van der Waals surface area contributed by atoms with Gasteiger partial charge in [0, 0.05) is 12.2 Å². The highest BCUT2D eigenvalue weighted by molar-refractivity contribution is 5.77. The Balaban J connectivity index is 1.22. The number of likely N-dealkylation sites (tertiary alicyclic amines) is 1. The van der Waals surface area contributed by atoms with E-state index >= 15 is 0 Å². The first-order valence-corrected chi connectivity index (χ1v) is 10.7. The lowest BCUT2D eigenvalue weighted by Crippen LogP contribution is -2.40. The zero-order valence-corrected chi connectivity index (χ0v) is 17.4. The molecule has 0 aromatic heterocycles. The van der Waals surface area contributed by atoms with E-state index in [1.807, 2.05) is 18.2 Å². The van der Waals surface area contributed by atoms with Crippen molar-refractivity contribution in [2.45, 2.75) is 19.3 Å². The minimum absolute atomic E-state index is 0.237. The van der Waals surface area contributed by atoms with E-state index in [4.69, 9.17) is 15.2 Å². The summed E-state index contributed by atoms with van der Waals surface area (Å²) in [5, 5.41) is 0. The van der Waals surface area contributed by atoms with Crippen molar-refractivity contribution in [2.24, 2.45) is 5.92 Å². The maximum atomic E-state index is 13.0. The minimum atomic E-state index is -0.237. The zero-order valence-electron chi connectivity index (χ0n) is 17.4. The minimum Gasteiger partial charge on any atom is -0.494 e. The number of anilines is 2. The fourth-order valence-electron chi connectivity index (χ4n) is 4.27. The number of hydrogen-bond donors (Lipinski definition) is 1. The summed E-state index contributed by atoms with van der Waals surface area (Å²) >= 11 is 0. The second-order valence-electron chi connectivity index (χ2n) is 8.07. The summed E-state index contributed by atoms with van der Waals surface area (Å²) in [6.07, 6.45) is 3.34. The molecule has 2 aromatic rings. The molecule has 1 saturated heterocycles. The van der Waals surface area contributed by atoms with Gasteiger partial charge in [0.05, 0.1) is 18.8 Å². The maximum absolute atomic E-state index is 13.0. The quantitative estimate of drug-likeness (QED) is 0.689. The smallest absolute Gasteiger partial charge is 0.145 e. The SMILES string of the molecule is C=C(CN1CCC(CCOc2ccc(F)cc2)CC1)N1CCOc2cccc(N)c21. The van der Waals surface area contributed by atoms with Crippen molar-refractivity contribution < 1.29 is 13.9 Å². The molecule has 1 fully saturated rings. The van der Waals surface area contributed by atoms with Crippen LogP contribution in [-0.2, 0) is 0 Å². The molecule has 0 bridgehead atoms. The number of rotatable bonds is 7. The molecule has 30 heavy (non-hydrogen) atoms. The Morgan fingerprint density at radius 1 is 1.13 bits per heavy atom. The van der Waals surface area contributed by atoms with Crippen molar-refractivity contribution in [3.05, 3.63) is 60.6 Å². The predicted molar refractivity (Wildman–Crippen MR) is 119 cm³/mol. The number of fused-ring (bicyclic) bond motifs is 1. The number of hydrogen-bond acceptors (Lipinski definition) is 5. The number of ether oxygens (including phenoxy) is 2. The van der Waals surface area contributed by atoms with E-state index in [1.54, 1.807) is 12.1 Å². The summed E-state index contributed by atoms with van der Waals surface area (Å²) in [5.41, 5.74) is 8.95. The fraction of sp³-hybridized carbons (Fsp3) is 0.417. The van der Waals surface area contributed by atoms with Gasteiger partial charge in [-0.1, -0.05) is 12.6 Å². The molecular formula is C24H30FN3O2. The number of para-hydroxylation sites is 1. The van der Waals surface area contributed by atoms with Crippen LogP contribution in [0.3, 0.4) is 0 Å². The van der Waals surface area contributed by atoms with Crippen molar-refractivity contribution in [2.75, 3.05) is 50.0 Å². The summed E-state index contributed by atoms with van der Waals surface area (Å²) in [6, 6.07) is 12.0. The Morgan fingerprint density at radius 2 is 1.90 bits per heavy atom. The van der Waals surface area contributed by atoms with Gasteiger partial charge < -0.3 is 20.1 Å². The van der Waals surface area contributed by atoms with Crippen LogP contribution in [0.5, 0.6) is 11.5 Å². The van der Waals surface area contributed by atoms with Crippen molar-refractivity contribution >= 4 is 11.4 Å². The maximum Gasteiger partial charge on any atom is 0.145 e. The van der Waals surface area contributed by atoms with Gasteiger partial charge in [0.1, 0.15) is 29.6 Å². The summed E-state index contributed by atoms with van der Waals surface area (Å²) in [4.78, 5) is 4.67. The topological polar surface area (TPSA) is 51.0 Å². The van der Waals surface area contributed by atoms with Crippen molar-refractivity contribution in [1.29, 1.82) is 0 Å². The Bertz CT molecular complexity index is 863. The van der Waals surface area contributed by atoms with E-state index in [-0.39, 0.29) is 5.82 Å². The third kappa shape index (κ3) is 4.87. The molecule has 0 aliphatic carbocycles. The van der Waals surface area contributed by atoms with Gasteiger partial charge in [0.25, 0.3) is 0 Å². The highest BCUT2D eigenvalue weighted by Gasteiger charge is 2.25. The molecular weight excluding hydrogens is 381 g/mol. The normalized spacial score (nSPS) is 17.3. The third-order valence-corrected chi connectivity index (χ3v) is 5.98. The van der Waals surface area contributed by atoms with Crippen LogP contribution in [0.1, 0.15) is 19.3 Å². The molecule has 0 spiro atoms. The van der Waals surface area contributed by atoms with Crippen molar-refractivity contribution in [1.82, 2.24) is 4.90 Å². The van der Waals surface area contributed by atoms with E-state index in [2.05, 4.69) is 16.4 Å². The molecule has 4 rings (SSSR count). The van der Waals surface area contributed by atoms with E-state index in [0.29, 0.717) is 19.1 Å². The van der Waals surface area contributed by atoms with Gasteiger partial charge >= 0.3 is 0 Å². The molecule has 0 unspecified atom stereocenters. The average molecular weight is 412 g/mol. The number of nitrogen functional groups attached to an aromatic ring is 1. The molecule has 2 aromatic carbocycles. The number of piperidine rings is 1. The highest BCUT2D eigenvalue weighted by Crippen LogP contribution is 2.38. The second-order valence-corrected chi connectivity index (χ2v) is 8.07.